The molecule has 1 rings (SSSR count). The van der Waals surface area contributed by atoms with E-state index >= 15 is 0 Å². The van der Waals surface area contributed by atoms with E-state index in [1.807, 2.05) is 0 Å². The van der Waals surface area contributed by atoms with Crippen LogP contribution < -0.4 is 0 Å². The lowest BCUT2D eigenvalue weighted by Gasteiger charge is -2.20. The third-order valence-corrected chi connectivity index (χ3v) is 1.69. The average molecular weight is 143 g/mol. The molecule has 1 aliphatic heterocycles. The van der Waals surface area contributed by atoms with Crippen LogP contribution in [0.1, 0.15) is 26.2 Å². The summed E-state index contributed by atoms with van der Waals surface area (Å²) in [6, 6.07) is 0. The van der Waals surface area contributed by atoms with Crippen molar-refractivity contribution in [3.63, 3.8) is 0 Å². The second-order valence-corrected chi connectivity index (χ2v) is 2.44. The zero-order valence-corrected chi connectivity index (χ0v) is 6.25. The summed E-state index contributed by atoms with van der Waals surface area (Å²) in [5.74, 6) is 0. The molecule has 3 heteroatoms. The third-order valence-electron chi connectivity index (χ3n) is 1.69. The fraction of sp³-hybridized carbons (Fsp3) is 0.857. The number of nitrogens with zero attached hydrogens (tertiary/aromatic N) is 1. The van der Waals surface area contributed by atoms with Gasteiger partial charge in [-0.25, -0.2) is 0 Å². The van der Waals surface area contributed by atoms with E-state index in [1.165, 1.54) is 6.21 Å². The van der Waals surface area contributed by atoms with Crippen molar-refractivity contribution in [1.29, 1.82) is 0 Å². The van der Waals surface area contributed by atoms with E-state index in [0.717, 1.165) is 30.6 Å². The third kappa shape index (κ3) is 1.70. The van der Waals surface area contributed by atoms with Crippen LogP contribution in [0.25, 0.3) is 0 Å². The minimum atomic E-state index is -0.209. The highest BCUT2D eigenvalue weighted by molar-refractivity contribution is 5.46. The van der Waals surface area contributed by atoms with Gasteiger partial charge in [0.25, 0.3) is 6.23 Å². The lowest BCUT2D eigenvalue weighted by molar-refractivity contribution is -0.559. The van der Waals surface area contributed by atoms with E-state index in [0.29, 0.717) is 0 Å². The molecule has 1 unspecified atom stereocenters. The molecule has 58 valence electrons. The number of hydroxylamine groups is 1. The van der Waals surface area contributed by atoms with Gasteiger partial charge in [-0.2, -0.15) is 4.74 Å². The molecule has 0 aliphatic carbocycles. The number of ether oxygens (including phenoxy) is 1. The summed E-state index contributed by atoms with van der Waals surface area (Å²) >= 11 is 0. The van der Waals surface area contributed by atoms with Gasteiger partial charge < -0.3 is 9.94 Å². The molecule has 1 heterocycles. The van der Waals surface area contributed by atoms with E-state index in [2.05, 4.69) is 0 Å². The molecular formula is C7H13NO2. The Labute approximate surface area is 60.9 Å². The molecule has 0 N–H and O–H groups in total. The first-order chi connectivity index (χ1) is 4.84. The fourth-order valence-corrected chi connectivity index (χ4v) is 1.09. The molecule has 0 aromatic rings. The van der Waals surface area contributed by atoms with E-state index in [9.17, 15) is 5.21 Å². The van der Waals surface area contributed by atoms with Crippen molar-refractivity contribution in [3.05, 3.63) is 5.21 Å². The summed E-state index contributed by atoms with van der Waals surface area (Å²) in [5.41, 5.74) is 0. The second kappa shape index (κ2) is 3.56. The molecule has 0 spiro atoms. The zero-order valence-electron chi connectivity index (χ0n) is 6.25. The summed E-state index contributed by atoms with van der Waals surface area (Å²) < 4.78 is 6.10. The molecule has 0 aromatic heterocycles. The Kier molecular flexibility index (Phi) is 2.68. The monoisotopic (exact) mass is 143 g/mol. The van der Waals surface area contributed by atoms with Crippen molar-refractivity contribution in [2.45, 2.75) is 32.4 Å². The van der Waals surface area contributed by atoms with Crippen molar-refractivity contribution in [2.75, 3.05) is 6.61 Å². The number of rotatable bonds is 1. The Morgan fingerprint density at radius 2 is 2.40 bits per heavy atom. The average Bonchev–Trinajstić information content (AvgIpc) is 2.05. The maximum atomic E-state index is 10.9. The van der Waals surface area contributed by atoms with Gasteiger partial charge in [-0.15, -0.1) is 0 Å². The Balaban J connectivity index is 2.39. The van der Waals surface area contributed by atoms with Gasteiger partial charge in [0, 0.05) is 13.3 Å². The number of hydrogen-bond acceptors (Lipinski definition) is 2. The highest BCUT2D eigenvalue weighted by atomic mass is 16.6. The van der Waals surface area contributed by atoms with Gasteiger partial charge in [0.1, 0.15) is 0 Å². The molecule has 1 aliphatic rings. The van der Waals surface area contributed by atoms with Crippen LogP contribution in [-0.2, 0) is 4.74 Å². The fourth-order valence-electron chi connectivity index (χ4n) is 1.09. The zero-order chi connectivity index (χ0) is 7.40. The van der Waals surface area contributed by atoms with Gasteiger partial charge in [-0.1, -0.05) is 0 Å². The van der Waals surface area contributed by atoms with E-state index in [4.69, 9.17) is 4.74 Å². The van der Waals surface area contributed by atoms with E-state index in [1.54, 1.807) is 6.92 Å². The van der Waals surface area contributed by atoms with Crippen LogP contribution in [0.5, 0.6) is 0 Å². The molecule has 3 nitrogen and oxygen atoms in total. The molecule has 1 saturated heterocycles. The summed E-state index contributed by atoms with van der Waals surface area (Å²) in [5, 5.41) is 10.9. The Morgan fingerprint density at radius 1 is 1.60 bits per heavy atom. The predicted molar refractivity (Wildman–Crippen MR) is 39.0 cm³/mol. The van der Waals surface area contributed by atoms with Gasteiger partial charge >= 0.3 is 0 Å². The maximum absolute atomic E-state index is 10.9. The van der Waals surface area contributed by atoms with Crippen LogP contribution in [0.15, 0.2) is 0 Å². The summed E-state index contributed by atoms with van der Waals surface area (Å²) in [6.07, 6.45) is 4.37. The number of hydrogen-bond donors (Lipinski definition) is 0. The molecule has 1 atom stereocenters. The molecule has 0 aromatic carbocycles. The Hall–Kier alpha value is -0.570. The van der Waals surface area contributed by atoms with Crippen molar-refractivity contribution in [3.8, 4) is 0 Å². The molecule has 0 bridgehead atoms. The van der Waals surface area contributed by atoms with Gasteiger partial charge in [-0.3, -0.25) is 0 Å². The van der Waals surface area contributed by atoms with Gasteiger partial charge in [0.05, 0.1) is 6.61 Å². The highest BCUT2D eigenvalue weighted by Crippen LogP contribution is 2.12. The van der Waals surface area contributed by atoms with Gasteiger partial charge in [0.15, 0.2) is 6.21 Å². The lowest BCUT2D eigenvalue weighted by atomic mass is 10.2. The minimum absolute atomic E-state index is 0.209. The quantitative estimate of drug-likeness (QED) is 0.238. The largest absolute Gasteiger partial charge is 0.622 e. The predicted octanol–water partition coefficient (Wildman–Crippen LogP) is 1.11. The summed E-state index contributed by atoms with van der Waals surface area (Å²) in [4.78, 5) is 0. The van der Waals surface area contributed by atoms with Crippen LogP contribution in [0, 0.1) is 5.21 Å². The smallest absolute Gasteiger partial charge is 0.267 e. The van der Waals surface area contributed by atoms with Gasteiger partial charge in [0.2, 0.25) is 0 Å². The topological polar surface area (TPSA) is 35.3 Å². The Morgan fingerprint density at radius 3 is 2.90 bits per heavy atom. The normalized spacial score (nSPS) is 28.5. The van der Waals surface area contributed by atoms with Crippen LogP contribution >= 0.6 is 0 Å². The molecule has 0 radical (unpaired) electrons. The minimum Gasteiger partial charge on any atom is -0.622 e. The van der Waals surface area contributed by atoms with Crippen molar-refractivity contribution in [1.82, 2.24) is 0 Å². The summed E-state index contributed by atoms with van der Waals surface area (Å²) in [7, 11) is 0. The molecular weight excluding hydrogens is 130 g/mol. The first kappa shape index (κ1) is 7.54. The first-order valence-corrected chi connectivity index (χ1v) is 3.71. The van der Waals surface area contributed by atoms with Crippen molar-refractivity contribution in [2.24, 2.45) is 0 Å². The molecule has 0 saturated carbocycles. The first-order valence-electron chi connectivity index (χ1n) is 3.71. The SMILES string of the molecule is CC=[N+]([O-])C1CCCCO1. The van der Waals surface area contributed by atoms with Crippen LogP contribution in [0.3, 0.4) is 0 Å². The summed E-state index contributed by atoms with van der Waals surface area (Å²) in [6.45, 7) is 2.46. The van der Waals surface area contributed by atoms with Crippen molar-refractivity contribution >= 4 is 6.21 Å². The van der Waals surface area contributed by atoms with Gasteiger partial charge in [-0.05, 0) is 12.8 Å². The van der Waals surface area contributed by atoms with E-state index < -0.39 is 0 Å². The van der Waals surface area contributed by atoms with Crippen LogP contribution in [-0.4, -0.2) is 23.8 Å². The van der Waals surface area contributed by atoms with E-state index in [-0.39, 0.29) is 6.23 Å². The standard InChI is InChI=1S/C7H13NO2/c1-2-8(9)7-5-3-4-6-10-7/h2,7H,3-6H2,1H3. The molecule has 10 heavy (non-hydrogen) atoms. The molecule has 1 fully saturated rings. The van der Waals surface area contributed by atoms with Crippen molar-refractivity contribution < 1.29 is 9.48 Å². The highest BCUT2D eigenvalue weighted by Gasteiger charge is 2.18. The lowest BCUT2D eigenvalue weighted by Crippen LogP contribution is -2.28. The second-order valence-electron chi connectivity index (χ2n) is 2.44. The Bertz CT molecular complexity index is 128. The maximum Gasteiger partial charge on any atom is 0.267 e. The van der Waals surface area contributed by atoms with Crippen LogP contribution in [0.4, 0.5) is 0 Å². The molecule has 0 amide bonds. The van der Waals surface area contributed by atoms with Crippen LogP contribution in [0.2, 0.25) is 0 Å².